The molecule has 5 heteroatoms. The highest BCUT2D eigenvalue weighted by Crippen LogP contribution is 2.37. The van der Waals surface area contributed by atoms with Crippen molar-refractivity contribution < 1.29 is 14.3 Å². The summed E-state index contributed by atoms with van der Waals surface area (Å²) in [5.74, 6) is 0.173. The third kappa shape index (κ3) is 2.78. The summed E-state index contributed by atoms with van der Waals surface area (Å²) < 4.78 is 5.54. The average molecular weight is 341 g/mol. The summed E-state index contributed by atoms with van der Waals surface area (Å²) in [5.41, 5.74) is 2.40. The molecule has 124 valence electrons. The molecule has 1 amide bonds. The molecule has 4 rings (SSSR count). The van der Waals surface area contributed by atoms with Crippen LogP contribution in [0.25, 0.3) is 0 Å². The van der Waals surface area contributed by atoms with Gasteiger partial charge in [-0.15, -0.1) is 11.3 Å². The topological polar surface area (TPSA) is 46.6 Å². The summed E-state index contributed by atoms with van der Waals surface area (Å²) in [4.78, 5) is 28.0. The van der Waals surface area contributed by atoms with E-state index in [1.165, 1.54) is 16.9 Å². The molecule has 24 heavy (non-hydrogen) atoms. The molecular weight excluding hydrogens is 322 g/mol. The van der Waals surface area contributed by atoms with Gasteiger partial charge in [-0.25, -0.2) is 0 Å². The van der Waals surface area contributed by atoms with Crippen molar-refractivity contribution in [2.45, 2.75) is 24.8 Å². The fourth-order valence-corrected chi connectivity index (χ4v) is 4.22. The van der Waals surface area contributed by atoms with Crippen molar-refractivity contribution in [3.8, 4) is 0 Å². The number of carbonyl (C=O) groups excluding carboxylic acids is 2. The van der Waals surface area contributed by atoms with E-state index in [2.05, 4.69) is 6.07 Å². The second-order valence-electron chi connectivity index (χ2n) is 6.32. The Morgan fingerprint density at radius 3 is 2.88 bits per heavy atom. The molecule has 0 radical (unpaired) electrons. The molecule has 2 aromatic rings. The van der Waals surface area contributed by atoms with E-state index in [9.17, 15) is 9.59 Å². The van der Waals surface area contributed by atoms with Crippen LogP contribution < -0.4 is 0 Å². The Morgan fingerprint density at radius 2 is 2.08 bits per heavy atom. The van der Waals surface area contributed by atoms with Crippen LogP contribution in [0.3, 0.4) is 0 Å². The standard InChI is InChI=1S/C19H19NO3S/c21-17(18-6-3-9-24-18)11-14-12-23-8-7-20(14)19(22)16-10-13-4-1-2-5-15(13)16/h1-6,9,14,16H,7-8,10-12H2/t14-,16-/m1/s1. The van der Waals surface area contributed by atoms with Gasteiger partial charge in [0.2, 0.25) is 5.91 Å². The van der Waals surface area contributed by atoms with E-state index in [1.807, 2.05) is 40.6 Å². The highest BCUT2D eigenvalue weighted by Gasteiger charge is 2.38. The Morgan fingerprint density at radius 1 is 1.21 bits per heavy atom. The van der Waals surface area contributed by atoms with Crippen LogP contribution >= 0.6 is 11.3 Å². The third-order valence-corrected chi connectivity index (χ3v) is 5.79. The first-order valence-electron chi connectivity index (χ1n) is 8.27. The van der Waals surface area contributed by atoms with Gasteiger partial charge in [-0.1, -0.05) is 30.3 Å². The van der Waals surface area contributed by atoms with Gasteiger partial charge in [-0.05, 0) is 29.0 Å². The summed E-state index contributed by atoms with van der Waals surface area (Å²) in [6, 6.07) is 11.7. The molecule has 0 N–H and O–H groups in total. The predicted octanol–water partition coefficient (Wildman–Crippen LogP) is 2.89. The van der Waals surface area contributed by atoms with Gasteiger partial charge in [0.25, 0.3) is 0 Å². The van der Waals surface area contributed by atoms with Crippen molar-refractivity contribution in [2.75, 3.05) is 19.8 Å². The third-order valence-electron chi connectivity index (χ3n) is 4.88. The maximum atomic E-state index is 13.0. The molecule has 1 aromatic carbocycles. The lowest BCUT2D eigenvalue weighted by Crippen LogP contribution is -2.52. The number of morpholine rings is 1. The van der Waals surface area contributed by atoms with E-state index in [0.29, 0.717) is 26.2 Å². The van der Waals surface area contributed by atoms with Gasteiger partial charge in [-0.2, -0.15) is 0 Å². The summed E-state index contributed by atoms with van der Waals surface area (Å²) in [5, 5.41) is 1.90. The van der Waals surface area contributed by atoms with Crippen molar-refractivity contribution in [3.63, 3.8) is 0 Å². The van der Waals surface area contributed by atoms with Gasteiger partial charge in [-0.3, -0.25) is 9.59 Å². The van der Waals surface area contributed by atoms with E-state index in [0.717, 1.165) is 16.9 Å². The normalized spacial score (nSPS) is 22.6. The lowest BCUT2D eigenvalue weighted by molar-refractivity contribution is -0.141. The van der Waals surface area contributed by atoms with Crippen LogP contribution in [0.15, 0.2) is 41.8 Å². The van der Waals surface area contributed by atoms with Crippen molar-refractivity contribution >= 4 is 23.0 Å². The van der Waals surface area contributed by atoms with E-state index < -0.39 is 0 Å². The molecule has 2 aliphatic rings. The van der Waals surface area contributed by atoms with Crippen LogP contribution in [0.5, 0.6) is 0 Å². The van der Waals surface area contributed by atoms with E-state index in [4.69, 9.17) is 4.74 Å². The molecule has 0 saturated carbocycles. The largest absolute Gasteiger partial charge is 0.377 e. The molecule has 1 aliphatic carbocycles. The van der Waals surface area contributed by atoms with Gasteiger partial charge in [0, 0.05) is 13.0 Å². The van der Waals surface area contributed by atoms with Gasteiger partial charge >= 0.3 is 0 Å². The lowest BCUT2D eigenvalue weighted by atomic mass is 9.76. The van der Waals surface area contributed by atoms with Crippen LogP contribution in [-0.2, 0) is 16.0 Å². The summed E-state index contributed by atoms with van der Waals surface area (Å²) >= 11 is 1.45. The van der Waals surface area contributed by atoms with Crippen LogP contribution in [0.2, 0.25) is 0 Å². The zero-order valence-electron chi connectivity index (χ0n) is 13.3. The van der Waals surface area contributed by atoms with Crippen molar-refractivity contribution in [1.29, 1.82) is 0 Å². The number of benzene rings is 1. The number of hydrogen-bond acceptors (Lipinski definition) is 4. The first kappa shape index (κ1) is 15.5. The second-order valence-corrected chi connectivity index (χ2v) is 7.27. The van der Waals surface area contributed by atoms with Crippen molar-refractivity contribution in [1.82, 2.24) is 4.90 Å². The Kier molecular flexibility index (Phi) is 4.21. The molecule has 0 unspecified atom stereocenters. The Balaban J connectivity index is 1.48. The fourth-order valence-electron chi connectivity index (χ4n) is 3.55. The molecular formula is C19H19NO3S. The molecule has 1 aromatic heterocycles. The molecule has 1 saturated heterocycles. The van der Waals surface area contributed by atoms with Crippen LogP contribution in [0.1, 0.15) is 33.1 Å². The number of amides is 1. The predicted molar refractivity (Wildman–Crippen MR) is 92.5 cm³/mol. The fraction of sp³-hybridized carbons (Fsp3) is 0.368. The lowest BCUT2D eigenvalue weighted by Gasteiger charge is -2.40. The summed E-state index contributed by atoms with van der Waals surface area (Å²) in [7, 11) is 0. The number of fused-ring (bicyclic) bond motifs is 1. The van der Waals surface area contributed by atoms with E-state index in [-0.39, 0.29) is 23.7 Å². The maximum absolute atomic E-state index is 13.0. The summed E-state index contributed by atoms with van der Waals surface area (Å²) in [6.45, 7) is 1.56. The Hall–Kier alpha value is -1.98. The monoisotopic (exact) mass is 341 g/mol. The highest BCUT2D eigenvalue weighted by molar-refractivity contribution is 7.12. The minimum absolute atomic E-state index is 0.0568. The summed E-state index contributed by atoms with van der Waals surface area (Å²) in [6.07, 6.45) is 1.14. The Labute approximate surface area is 145 Å². The first-order chi connectivity index (χ1) is 11.7. The van der Waals surface area contributed by atoms with Crippen molar-refractivity contribution in [3.05, 3.63) is 57.8 Å². The molecule has 1 aliphatic heterocycles. The molecule has 2 atom stereocenters. The average Bonchev–Trinajstić information content (AvgIpc) is 3.11. The second kappa shape index (κ2) is 6.49. The van der Waals surface area contributed by atoms with Crippen LogP contribution in [0, 0.1) is 0 Å². The molecule has 0 spiro atoms. The van der Waals surface area contributed by atoms with Gasteiger partial charge in [0.15, 0.2) is 5.78 Å². The smallest absolute Gasteiger partial charge is 0.230 e. The SMILES string of the molecule is O=C(C[C@@H]1COCCN1C(=O)[C@@H]1Cc2ccccc21)c1cccs1. The molecule has 0 bridgehead atoms. The Bertz CT molecular complexity index is 756. The quantitative estimate of drug-likeness (QED) is 0.804. The number of ketones is 1. The number of thiophene rings is 1. The number of nitrogens with zero attached hydrogens (tertiary/aromatic N) is 1. The number of rotatable bonds is 4. The number of carbonyl (C=O) groups is 2. The first-order valence-corrected chi connectivity index (χ1v) is 9.15. The van der Waals surface area contributed by atoms with Crippen LogP contribution in [-0.4, -0.2) is 42.4 Å². The zero-order chi connectivity index (χ0) is 16.5. The minimum atomic E-state index is -0.159. The van der Waals surface area contributed by atoms with Crippen LogP contribution in [0.4, 0.5) is 0 Å². The molecule has 4 nitrogen and oxygen atoms in total. The number of Topliss-reactive ketones (excluding diaryl/α,β-unsaturated/α-hetero) is 1. The van der Waals surface area contributed by atoms with E-state index in [1.54, 1.807) is 0 Å². The number of ether oxygens (including phenoxy) is 1. The zero-order valence-corrected chi connectivity index (χ0v) is 14.1. The van der Waals surface area contributed by atoms with Gasteiger partial charge < -0.3 is 9.64 Å². The minimum Gasteiger partial charge on any atom is -0.377 e. The number of hydrogen-bond donors (Lipinski definition) is 0. The highest BCUT2D eigenvalue weighted by atomic mass is 32.1. The molecule has 2 heterocycles. The maximum Gasteiger partial charge on any atom is 0.230 e. The van der Waals surface area contributed by atoms with Gasteiger partial charge in [0.05, 0.1) is 30.1 Å². The van der Waals surface area contributed by atoms with E-state index >= 15 is 0 Å². The molecule has 1 fully saturated rings. The van der Waals surface area contributed by atoms with Gasteiger partial charge in [0.1, 0.15) is 0 Å². The van der Waals surface area contributed by atoms with Crippen molar-refractivity contribution in [2.24, 2.45) is 0 Å².